The molecule has 0 saturated heterocycles. The van der Waals surface area contributed by atoms with Gasteiger partial charge in [0.05, 0.1) is 4.92 Å². The lowest BCUT2D eigenvalue weighted by molar-refractivity contribution is -0.380. The Morgan fingerprint density at radius 3 is 3.00 bits per heavy atom. The van der Waals surface area contributed by atoms with E-state index in [4.69, 9.17) is 0 Å². The van der Waals surface area contributed by atoms with E-state index < -0.39 is 4.92 Å². The smallest absolute Gasteiger partial charge is 0.257 e. The fourth-order valence-electron chi connectivity index (χ4n) is 0.829. The van der Waals surface area contributed by atoms with Gasteiger partial charge in [0.2, 0.25) is 5.13 Å². The second-order valence-electron chi connectivity index (χ2n) is 2.19. The molecule has 66 valence electrons. The minimum absolute atomic E-state index is 0.0190. The van der Waals surface area contributed by atoms with Gasteiger partial charge in [-0.25, -0.2) is 9.67 Å². The van der Waals surface area contributed by atoms with E-state index in [1.54, 1.807) is 18.5 Å². The van der Waals surface area contributed by atoms with E-state index in [0.717, 1.165) is 11.3 Å². The molecule has 13 heavy (non-hydrogen) atoms. The summed E-state index contributed by atoms with van der Waals surface area (Å²) in [6, 6.07) is 1.73. The summed E-state index contributed by atoms with van der Waals surface area (Å²) in [7, 11) is 0. The minimum atomic E-state index is -0.468. The molecule has 0 aliphatic carbocycles. The number of aromatic nitrogens is 3. The van der Waals surface area contributed by atoms with Crippen molar-refractivity contribution in [3.8, 4) is 5.13 Å². The van der Waals surface area contributed by atoms with Crippen molar-refractivity contribution in [3.05, 3.63) is 34.8 Å². The van der Waals surface area contributed by atoms with E-state index in [1.807, 2.05) is 0 Å². The molecule has 6 nitrogen and oxygen atoms in total. The molecule has 0 aliphatic heterocycles. The molecule has 0 fully saturated rings. The number of nitrogens with zero attached hydrogens (tertiary/aromatic N) is 4. The number of nitro groups is 1. The molecule has 0 unspecified atom stereocenters. The lowest BCUT2D eigenvalue weighted by Gasteiger charge is -1.89. The Morgan fingerprint density at radius 2 is 2.46 bits per heavy atom. The Hall–Kier alpha value is -1.76. The van der Waals surface area contributed by atoms with Crippen molar-refractivity contribution in [1.29, 1.82) is 0 Å². The van der Waals surface area contributed by atoms with E-state index in [-0.39, 0.29) is 5.00 Å². The highest BCUT2D eigenvalue weighted by Crippen LogP contribution is 2.22. The van der Waals surface area contributed by atoms with E-state index in [1.165, 1.54) is 10.9 Å². The minimum Gasteiger partial charge on any atom is -0.257 e. The molecule has 0 N–H and O–H groups in total. The third kappa shape index (κ3) is 1.41. The van der Waals surface area contributed by atoms with Gasteiger partial charge in [-0.2, -0.15) is 5.10 Å². The Balaban J connectivity index is 2.39. The SMILES string of the molecule is O=[N+]([O-])c1cnc(-n2cccn2)s1. The first-order chi connectivity index (χ1) is 6.27. The van der Waals surface area contributed by atoms with E-state index >= 15 is 0 Å². The normalized spacial score (nSPS) is 10.2. The van der Waals surface area contributed by atoms with Crippen molar-refractivity contribution in [3.63, 3.8) is 0 Å². The van der Waals surface area contributed by atoms with Gasteiger partial charge in [0.15, 0.2) is 0 Å². The molecule has 2 rings (SSSR count). The van der Waals surface area contributed by atoms with Crippen molar-refractivity contribution in [2.75, 3.05) is 0 Å². The number of hydrogen-bond donors (Lipinski definition) is 0. The Bertz CT molecular complexity index is 422. The molecular formula is C6H4N4O2S. The van der Waals surface area contributed by atoms with Crippen molar-refractivity contribution >= 4 is 16.3 Å². The van der Waals surface area contributed by atoms with Gasteiger partial charge in [0.1, 0.15) is 6.20 Å². The average Bonchev–Trinajstić information content (AvgIpc) is 2.75. The fraction of sp³-hybridized carbons (Fsp3) is 0. The van der Waals surface area contributed by atoms with E-state index in [2.05, 4.69) is 10.1 Å². The molecule has 0 amide bonds. The molecule has 0 spiro atoms. The third-order valence-electron chi connectivity index (χ3n) is 1.36. The maximum absolute atomic E-state index is 10.3. The summed E-state index contributed by atoms with van der Waals surface area (Å²) in [4.78, 5) is 13.7. The second kappa shape index (κ2) is 2.94. The van der Waals surface area contributed by atoms with Gasteiger partial charge in [-0.1, -0.05) is 0 Å². The van der Waals surface area contributed by atoms with Gasteiger partial charge < -0.3 is 0 Å². The Kier molecular flexibility index (Phi) is 1.78. The number of hydrogen-bond acceptors (Lipinski definition) is 5. The molecule has 7 heteroatoms. The zero-order chi connectivity index (χ0) is 9.26. The molecule has 0 bridgehead atoms. The predicted molar refractivity (Wildman–Crippen MR) is 45.9 cm³/mol. The van der Waals surface area contributed by atoms with Gasteiger partial charge in [0, 0.05) is 12.4 Å². The monoisotopic (exact) mass is 196 g/mol. The van der Waals surface area contributed by atoms with Crippen LogP contribution in [0.4, 0.5) is 5.00 Å². The quantitative estimate of drug-likeness (QED) is 0.535. The molecule has 0 aliphatic rings. The predicted octanol–water partition coefficient (Wildman–Crippen LogP) is 1.24. The van der Waals surface area contributed by atoms with Crippen LogP contribution in [0.25, 0.3) is 5.13 Å². The van der Waals surface area contributed by atoms with Crippen LogP contribution in [0.3, 0.4) is 0 Å². The summed E-state index contributed by atoms with van der Waals surface area (Å²) in [6.45, 7) is 0. The maximum Gasteiger partial charge on any atom is 0.345 e. The highest BCUT2D eigenvalue weighted by molar-refractivity contribution is 7.17. The lowest BCUT2D eigenvalue weighted by Crippen LogP contribution is -1.91. The van der Waals surface area contributed by atoms with Crippen LogP contribution in [0.5, 0.6) is 0 Å². The first kappa shape index (κ1) is 7.87. The fourth-order valence-corrected chi connectivity index (χ4v) is 1.50. The van der Waals surface area contributed by atoms with Crippen LogP contribution < -0.4 is 0 Å². The van der Waals surface area contributed by atoms with Crippen LogP contribution in [0, 0.1) is 10.1 Å². The Morgan fingerprint density at radius 1 is 1.62 bits per heavy atom. The highest BCUT2D eigenvalue weighted by Gasteiger charge is 2.12. The summed E-state index contributed by atoms with van der Waals surface area (Å²) in [5.74, 6) is 0. The zero-order valence-corrected chi connectivity index (χ0v) is 7.14. The van der Waals surface area contributed by atoms with Crippen molar-refractivity contribution in [2.45, 2.75) is 0 Å². The topological polar surface area (TPSA) is 73.8 Å². The van der Waals surface area contributed by atoms with Gasteiger partial charge in [0.25, 0.3) is 0 Å². The summed E-state index contributed by atoms with van der Waals surface area (Å²) >= 11 is 0.989. The molecule has 0 saturated carbocycles. The van der Waals surface area contributed by atoms with Gasteiger partial charge in [-0.05, 0) is 17.4 Å². The summed E-state index contributed by atoms with van der Waals surface area (Å²) < 4.78 is 1.48. The van der Waals surface area contributed by atoms with Crippen molar-refractivity contribution in [2.24, 2.45) is 0 Å². The maximum atomic E-state index is 10.3. The largest absolute Gasteiger partial charge is 0.345 e. The molecule has 0 atom stereocenters. The standard InChI is InChI=1S/C6H4N4O2S/c11-10(12)5-4-7-6(13-5)9-3-1-2-8-9/h1-4H. The summed E-state index contributed by atoms with van der Waals surface area (Å²) in [6.07, 6.45) is 4.50. The highest BCUT2D eigenvalue weighted by atomic mass is 32.1. The van der Waals surface area contributed by atoms with E-state index in [0.29, 0.717) is 5.13 Å². The van der Waals surface area contributed by atoms with Crippen LogP contribution >= 0.6 is 11.3 Å². The van der Waals surface area contributed by atoms with Crippen LogP contribution in [-0.4, -0.2) is 19.7 Å². The van der Waals surface area contributed by atoms with Crippen LogP contribution in [-0.2, 0) is 0 Å². The summed E-state index contributed by atoms with van der Waals surface area (Å²) in [5, 5.41) is 14.7. The Labute approximate surface area is 76.6 Å². The first-order valence-electron chi connectivity index (χ1n) is 3.37. The van der Waals surface area contributed by atoms with Gasteiger partial charge in [-0.3, -0.25) is 10.1 Å². The van der Waals surface area contributed by atoms with Crippen LogP contribution in [0.15, 0.2) is 24.7 Å². The van der Waals surface area contributed by atoms with Crippen LogP contribution in [0.1, 0.15) is 0 Å². The average molecular weight is 196 g/mol. The molecule has 2 heterocycles. The van der Waals surface area contributed by atoms with Crippen LogP contribution in [0.2, 0.25) is 0 Å². The second-order valence-corrected chi connectivity index (χ2v) is 3.18. The molecule has 2 aromatic rings. The van der Waals surface area contributed by atoms with E-state index in [9.17, 15) is 10.1 Å². The number of rotatable bonds is 2. The lowest BCUT2D eigenvalue weighted by atomic mass is 10.8. The van der Waals surface area contributed by atoms with Gasteiger partial charge >= 0.3 is 5.00 Å². The molecule has 0 radical (unpaired) electrons. The molecule has 2 aromatic heterocycles. The molecular weight excluding hydrogens is 192 g/mol. The number of thiazole rings is 1. The van der Waals surface area contributed by atoms with Crippen molar-refractivity contribution in [1.82, 2.24) is 14.8 Å². The van der Waals surface area contributed by atoms with Crippen molar-refractivity contribution < 1.29 is 4.92 Å². The summed E-state index contributed by atoms with van der Waals surface area (Å²) in [5.41, 5.74) is 0. The first-order valence-corrected chi connectivity index (χ1v) is 4.19. The van der Waals surface area contributed by atoms with Gasteiger partial charge in [-0.15, -0.1) is 0 Å². The third-order valence-corrected chi connectivity index (χ3v) is 2.30. The molecule has 0 aromatic carbocycles. The zero-order valence-electron chi connectivity index (χ0n) is 6.32.